The SMILES string of the molecule is N#CC(C(=O)NCc1ccccc1)C(=O)c1nn(-c2ccccc2)c2c1COc1ccc(Cl)cc1-2. The molecule has 0 fully saturated rings. The molecule has 1 amide bonds. The summed E-state index contributed by atoms with van der Waals surface area (Å²) in [5.74, 6) is -2.30. The monoisotopic (exact) mass is 482 g/mol. The fourth-order valence-electron chi connectivity index (χ4n) is 4.04. The Labute approximate surface area is 206 Å². The second-order valence-corrected chi connectivity index (χ2v) is 8.42. The van der Waals surface area contributed by atoms with Crippen LogP contribution >= 0.6 is 11.6 Å². The van der Waals surface area contributed by atoms with E-state index in [1.807, 2.05) is 66.7 Å². The average molecular weight is 483 g/mol. The number of hydrogen-bond donors (Lipinski definition) is 1. The van der Waals surface area contributed by atoms with Crippen LogP contribution in [0.4, 0.5) is 0 Å². The molecule has 5 rings (SSSR count). The number of ketones is 1. The van der Waals surface area contributed by atoms with E-state index in [9.17, 15) is 14.9 Å². The second kappa shape index (κ2) is 9.45. The largest absolute Gasteiger partial charge is 0.488 e. The number of nitrogens with one attached hydrogen (secondary N) is 1. The zero-order valence-electron chi connectivity index (χ0n) is 18.4. The molecule has 0 radical (unpaired) electrons. The van der Waals surface area contributed by atoms with Gasteiger partial charge in [0.15, 0.2) is 5.92 Å². The van der Waals surface area contributed by atoms with Gasteiger partial charge in [-0.25, -0.2) is 4.68 Å². The number of hydrogen-bond acceptors (Lipinski definition) is 5. The summed E-state index contributed by atoms with van der Waals surface area (Å²) in [4.78, 5) is 26.3. The van der Waals surface area contributed by atoms with Crippen LogP contribution in [0.25, 0.3) is 16.9 Å². The van der Waals surface area contributed by atoms with Gasteiger partial charge >= 0.3 is 0 Å². The van der Waals surface area contributed by atoms with E-state index in [0.717, 1.165) is 11.3 Å². The highest BCUT2D eigenvalue weighted by molar-refractivity contribution is 6.31. The number of benzene rings is 3. The highest BCUT2D eigenvalue weighted by Gasteiger charge is 2.36. The molecular formula is C27H19ClN4O3. The van der Waals surface area contributed by atoms with Gasteiger partial charge in [-0.3, -0.25) is 9.59 Å². The first kappa shape index (κ1) is 22.4. The Bertz CT molecular complexity index is 1460. The van der Waals surface area contributed by atoms with Crippen LogP contribution in [0.15, 0.2) is 78.9 Å². The summed E-state index contributed by atoms with van der Waals surface area (Å²) < 4.78 is 7.51. The molecule has 35 heavy (non-hydrogen) atoms. The Balaban J connectivity index is 1.54. The third-order valence-electron chi connectivity index (χ3n) is 5.75. The summed E-state index contributed by atoms with van der Waals surface area (Å²) in [7, 11) is 0. The Morgan fingerprint density at radius 1 is 1.09 bits per heavy atom. The Morgan fingerprint density at radius 2 is 1.80 bits per heavy atom. The van der Waals surface area contributed by atoms with Crippen LogP contribution in [0.3, 0.4) is 0 Å². The number of para-hydroxylation sites is 1. The van der Waals surface area contributed by atoms with Gasteiger partial charge in [0.2, 0.25) is 11.7 Å². The number of ether oxygens (including phenoxy) is 1. The van der Waals surface area contributed by atoms with Crippen molar-refractivity contribution in [3.8, 4) is 28.8 Å². The summed E-state index contributed by atoms with van der Waals surface area (Å²) in [5.41, 5.74) is 3.43. The second-order valence-electron chi connectivity index (χ2n) is 7.98. The van der Waals surface area contributed by atoms with Gasteiger partial charge in [0, 0.05) is 22.7 Å². The van der Waals surface area contributed by atoms with Crippen LogP contribution in [0.1, 0.15) is 21.6 Å². The molecule has 1 aliphatic heterocycles. The summed E-state index contributed by atoms with van der Waals surface area (Å²) in [6.07, 6.45) is 0. The molecule has 0 aliphatic carbocycles. The fraction of sp³-hybridized carbons (Fsp3) is 0.111. The molecule has 1 aliphatic rings. The molecule has 1 unspecified atom stereocenters. The molecule has 8 heteroatoms. The Morgan fingerprint density at radius 3 is 2.51 bits per heavy atom. The molecule has 1 aromatic heterocycles. The van der Waals surface area contributed by atoms with Crippen LogP contribution in [0.2, 0.25) is 5.02 Å². The van der Waals surface area contributed by atoms with E-state index >= 15 is 0 Å². The molecule has 0 bridgehead atoms. The number of halogens is 1. The number of Topliss-reactive ketones (excluding diaryl/α,β-unsaturated/α-hetero) is 1. The molecule has 1 N–H and O–H groups in total. The minimum absolute atomic E-state index is 0.0240. The summed E-state index contributed by atoms with van der Waals surface area (Å²) in [6, 6.07) is 25.7. The van der Waals surface area contributed by atoms with Crippen molar-refractivity contribution in [2.24, 2.45) is 5.92 Å². The first-order chi connectivity index (χ1) is 17.1. The van der Waals surface area contributed by atoms with Crippen LogP contribution in [0.5, 0.6) is 5.75 Å². The highest BCUT2D eigenvalue weighted by Crippen LogP contribution is 2.41. The molecule has 0 saturated carbocycles. The van der Waals surface area contributed by atoms with Crippen LogP contribution in [0, 0.1) is 17.2 Å². The quantitative estimate of drug-likeness (QED) is 0.316. The molecule has 7 nitrogen and oxygen atoms in total. The van der Waals surface area contributed by atoms with E-state index in [4.69, 9.17) is 16.3 Å². The first-order valence-corrected chi connectivity index (χ1v) is 11.3. The maximum absolute atomic E-state index is 13.5. The van der Waals surface area contributed by atoms with E-state index in [0.29, 0.717) is 27.6 Å². The zero-order valence-corrected chi connectivity index (χ0v) is 19.2. The van der Waals surface area contributed by atoms with Crippen molar-refractivity contribution >= 4 is 23.3 Å². The van der Waals surface area contributed by atoms with Gasteiger partial charge in [0.25, 0.3) is 0 Å². The van der Waals surface area contributed by atoms with Crippen molar-refractivity contribution in [2.45, 2.75) is 13.2 Å². The molecule has 1 atom stereocenters. The molecule has 0 spiro atoms. The lowest BCUT2D eigenvalue weighted by Gasteiger charge is -2.20. The van der Waals surface area contributed by atoms with Crippen LogP contribution in [-0.4, -0.2) is 21.5 Å². The number of aromatic nitrogens is 2. The third-order valence-corrected chi connectivity index (χ3v) is 5.98. The molecule has 2 heterocycles. The smallest absolute Gasteiger partial charge is 0.245 e. The predicted molar refractivity (Wildman–Crippen MR) is 130 cm³/mol. The predicted octanol–water partition coefficient (Wildman–Crippen LogP) is 4.72. The average Bonchev–Trinajstić information content (AvgIpc) is 3.29. The van der Waals surface area contributed by atoms with Crippen molar-refractivity contribution in [3.63, 3.8) is 0 Å². The van der Waals surface area contributed by atoms with E-state index in [1.165, 1.54) is 0 Å². The van der Waals surface area contributed by atoms with E-state index in [1.54, 1.807) is 22.9 Å². The molecule has 4 aromatic rings. The van der Waals surface area contributed by atoms with Gasteiger partial charge in [-0.2, -0.15) is 10.4 Å². The third kappa shape index (κ3) is 4.27. The van der Waals surface area contributed by atoms with E-state index in [-0.39, 0.29) is 18.8 Å². The minimum atomic E-state index is -1.55. The normalized spacial score (nSPS) is 12.5. The van der Waals surface area contributed by atoms with Gasteiger partial charge in [-0.1, -0.05) is 60.1 Å². The lowest BCUT2D eigenvalue weighted by Crippen LogP contribution is -2.35. The lowest BCUT2D eigenvalue weighted by atomic mass is 9.96. The van der Waals surface area contributed by atoms with E-state index in [2.05, 4.69) is 10.4 Å². The summed E-state index contributed by atoms with van der Waals surface area (Å²) in [6.45, 7) is 0.276. The number of carbonyl (C=O) groups excluding carboxylic acids is 2. The fourth-order valence-corrected chi connectivity index (χ4v) is 4.21. The number of carbonyl (C=O) groups is 2. The van der Waals surface area contributed by atoms with Gasteiger partial charge in [0.05, 0.1) is 17.5 Å². The van der Waals surface area contributed by atoms with Crippen LogP contribution < -0.4 is 10.1 Å². The van der Waals surface area contributed by atoms with Crippen molar-refractivity contribution < 1.29 is 14.3 Å². The van der Waals surface area contributed by atoms with Crippen molar-refractivity contribution in [2.75, 3.05) is 0 Å². The number of fused-ring (bicyclic) bond motifs is 3. The standard InChI is InChI=1S/C27H19ClN4O3/c28-18-11-12-23-20(13-18)25-22(16-35-23)24(31-32(25)19-9-5-2-6-10-19)26(33)21(14-29)27(34)30-15-17-7-3-1-4-8-17/h1-13,21H,15-16H2,(H,30,34). The summed E-state index contributed by atoms with van der Waals surface area (Å²) >= 11 is 6.26. The molecule has 172 valence electrons. The van der Waals surface area contributed by atoms with Gasteiger partial charge in [-0.05, 0) is 35.9 Å². The van der Waals surface area contributed by atoms with E-state index < -0.39 is 17.6 Å². The van der Waals surface area contributed by atoms with Gasteiger partial charge < -0.3 is 10.1 Å². The molecule has 0 saturated heterocycles. The number of nitrogens with zero attached hydrogens (tertiary/aromatic N) is 3. The summed E-state index contributed by atoms with van der Waals surface area (Å²) in [5, 5.41) is 17.5. The molecular weight excluding hydrogens is 464 g/mol. The van der Waals surface area contributed by atoms with Gasteiger partial charge in [-0.15, -0.1) is 0 Å². The van der Waals surface area contributed by atoms with Crippen molar-refractivity contribution in [1.29, 1.82) is 5.26 Å². The minimum Gasteiger partial charge on any atom is -0.488 e. The lowest BCUT2D eigenvalue weighted by molar-refractivity contribution is -0.122. The zero-order chi connectivity index (χ0) is 24.4. The highest BCUT2D eigenvalue weighted by atomic mass is 35.5. The number of amides is 1. The Kier molecular flexibility index (Phi) is 6.04. The Hall–Kier alpha value is -4.41. The number of rotatable bonds is 6. The van der Waals surface area contributed by atoms with Crippen molar-refractivity contribution in [1.82, 2.24) is 15.1 Å². The number of nitriles is 1. The maximum Gasteiger partial charge on any atom is 0.245 e. The first-order valence-electron chi connectivity index (χ1n) is 10.9. The van der Waals surface area contributed by atoms with Crippen molar-refractivity contribution in [3.05, 3.63) is 101 Å². The maximum atomic E-state index is 13.5. The topological polar surface area (TPSA) is 97.0 Å². The molecule has 3 aromatic carbocycles. The van der Waals surface area contributed by atoms with Crippen LogP contribution in [-0.2, 0) is 17.9 Å². The van der Waals surface area contributed by atoms with Gasteiger partial charge in [0.1, 0.15) is 18.1 Å².